The van der Waals surface area contributed by atoms with Crippen molar-refractivity contribution >= 4 is 22.8 Å². The predicted molar refractivity (Wildman–Crippen MR) is 120 cm³/mol. The minimum absolute atomic E-state index is 0.133. The minimum atomic E-state index is -0.412. The van der Waals surface area contributed by atoms with Crippen molar-refractivity contribution in [1.29, 1.82) is 0 Å². The average Bonchev–Trinajstić information content (AvgIpc) is 3.10. The summed E-state index contributed by atoms with van der Waals surface area (Å²) in [6.07, 6.45) is 1.62. The second kappa shape index (κ2) is 7.95. The molecule has 2 aromatic heterocycles. The molecule has 0 amide bonds. The lowest BCUT2D eigenvalue weighted by Gasteiger charge is -2.14. The van der Waals surface area contributed by atoms with Crippen molar-refractivity contribution < 1.29 is 0 Å². The van der Waals surface area contributed by atoms with Crippen LogP contribution in [-0.2, 0) is 13.1 Å². The molecule has 0 aliphatic carbocycles. The van der Waals surface area contributed by atoms with E-state index in [0.29, 0.717) is 35.0 Å². The van der Waals surface area contributed by atoms with Gasteiger partial charge in [0.2, 0.25) is 0 Å². The van der Waals surface area contributed by atoms with Crippen LogP contribution in [0.25, 0.3) is 16.9 Å². The zero-order chi connectivity index (χ0) is 21.4. The lowest BCUT2D eigenvalue weighted by atomic mass is 10.1. The van der Waals surface area contributed by atoms with Crippen LogP contribution >= 0.6 is 11.6 Å². The minimum Gasteiger partial charge on any atom is -0.320 e. The molecule has 0 bridgehead atoms. The van der Waals surface area contributed by atoms with E-state index in [1.165, 1.54) is 9.13 Å². The topological polar surface area (TPSA) is 61.8 Å². The normalized spacial score (nSPS) is 11.5. The van der Waals surface area contributed by atoms with E-state index < -0.39 is 5.69 Å². The Morgan fingerprint density at radius 2 is 1.83 bits per heavy atom. The predicted octanol–water partition coefficient (Wildman–Crippen LogP) is 4.02. The Bertz CT molecular complexity index is 1350. The fourth-order valence-corrected chi connectivity index (χ4v) is 3.83. The van der Waals surface area contributed by atoms with Crippen molar-refractivity contribution in [3.05, 3.63) is 91.8 Å². The van der Waals surface area contributed by atoms with Crippen LogP contribution in [0.1, 0.15) is 25.0 Å². The van der Waals surface area contributed by atoms with Crippen LogP contribution in [0.2, 0.25) is 5.02 Å². The SMILES string of the molecule is Cc1ccccc1Cn1cnc2c1c(=O)n(CC(C)C)c(=O)n2-c1cccc(Cl)c1. The summed E-state index contributed by atoms with van der Waals surface area (Å²) >= 11 is 6.17. The number of imidazole rings is 1. The first-order valence-electron chi connectivity index (χ1n) is 9.88. The second-order valence-corrected chi connectivity index (χ2v) is 8.32. The van der Waals surface area contributed by atoms with Crippen LogP contribution < -0.4 is 11.2 Å². The Morgan fingerprint density at radius 3 is 2.53 bits per heavy atom. The van der Waals surface area contributed by atoms with Crippen LogP contribution in [0.4, 0.5) is 0 Å². The smallest absolute Gasteiger partial charge is 0.320 e. The van der Waals surface area contributed by atoms with E-state index in [4.69, 9.17) is 11.6 Å². The van der Waals surface area contributed by atoms with Crippen molar-refractivity contribution in [2.45, 2.75) is 33.9 Å². The first-order chi connectivity index (χ1) is 14.4. The first-order valence-corrected chi connectivity index (χ1v) is 10.3. The van der Waals surface area contributed by atoms with Gasteiger partial charge >= 0.3 is 5.69 Å². The van der Waals surface area contributed by atoms with Gasteiger partial charge in [-0.25, -0.2) is 14.3 Å². The summed E-state index contributed by atoms with van der Waals surface area (Å²) in [7, 11) is 0. The van der Waals surface area contributed by atoms with Crippen LogP contribution in [0.3, 0.4) is 0 Å². The summed E-state index contributed by atoms with van der Waals surface area (Å²) < 4.78 is 4.58. The molecule has 0 N–H and O–H groups in total. The number of hydrogen-bond acceptors (Lipinski definition) is 3. The molecule has 0 atom stereocenters. The highest BCUT2D eigenvalue weighted by Crippen LogP contribution is 2.18. The average molecular weight is 423 g/mol. The van der Waals surface area contributed by atoms with Gasteiger partial charge in [-0.1, -0.05) is 55.8 Å². The maximum absolute atomic E-state index is 13.4. The van der Waals surface area contributed by atoms with Crippen LogP contribution in [-0.4, -0.2) is 18.7 Å². The van der Waals surface area contributed by atoms with E-state index in [1.54, 1.807) is 30.6 Å². The molecule has 4 aromatic rings. The molecular weight excluding hydrogens is 400 g/mol. The lowest BCUT2D eigenvalue weighted by molar-refractivity contribution is 0.489. The van der Waals surface area contributed by atoms with E-state index in [-0.39, 0.29) is 11.5 Å². The fraction of sp³-hybridized carbons (Fsp3) is 0.261. The summed E-state index contributed by atoms with van der Waals surface area (Å²) in [6.45, 7) is 6.81. The molecule has 4 rings (SSSR count). The Labute approximate surface area is 179 Å². The number of rotatable bonds is 5. The van der Waals surface area contributed by atoms with Gasteiger partial charge in [-0.05, 0) is 42.2 Å². The zero-order valence-corrected chi connectivity index (χ0v) is 17.9. The lowest BCUT2D eigenvalue weighted by Crippen LogP contribution is -2.41. The first kappa shape index (κ1) is 20.2. The Balaban J connectivity index is 2.02. The van der Waals surface area contributed by atoms with Crippen molar-refractivity contribution in [3.63, 3.8) is 0 Å². The number of hydrogen-bond donors (Lipinski definition) is 0. The molecule has 154 valence electrons. The molecule has 0 spiro atoms. The highest BCUT2D eigenvalue weighted by Gasteiger charge is 2.20. The zero-order valence-electron chi connectivity index (χ0n) is 17.2. The number of benzene rings is 2. The third-order valence-electron chi connectivity index (χ3n) is 5.12. The van der Waals surface area contributed by atoms with Gasteiger partial charge in [0.1, 0.15) is 0 Å². The van der Waals surface area contributed by atoms with Gasteiger partial charge in [0, 0.05) is 18.1 Å². The standard InChI is InChI=1S/C23H23ClN4O2/c1-15(2)12-27-22(29)20-21(28(23(27)30)19-10-6-9-18(24)11-19)25-14-26(20)13-17-8-5-4-7-16(17)3/h4-11,14-15H,12-13H2,1-3H3. The van der Waals surface area contributed by atoms with Gasteiger partial charge in [-0.3, -0.25) is 9.36 Å². The van der Waals surface area contributed by atoms with Crippen LogP contribution in [0.15, 0.2) is 64.4 Å². The van der Waals surface area contributed by atoms with E-state index in [1.807, 2.05) is 49.6 Å². The summed E-state index contributed by atoms with van der Waals surface area (Å²) in [5.74, 6) is 0.133. The van der Waals surface area contributed by atoms with Gasteiger partial charge in [-0.2, -0.15) is 0 Å². The highest BCUT2D eigenvalue weighted by molar-refractivity contribution is 6.30. The number of nitrogens with zero attached hydrogens (tertiary/aromatic N) is 4. The van der Waals surface area contributed by atoms with Crippen molar-refractivity contribution in [2.75, 3.05) is 0 Å². The molecular formula is C23H23ClN4O2. The molecule has 0 fully saturated rings. The van der Waals surface area contributed by atoms with Gasteiger partial charge in [-0.15, -0.1) is 0 Å². The third kappa shape index (κ3) is 3.59. The largest absolute Gasteiger partial charge is 0.337 e. The van der Waals surface area contributed by atoms with Gasteiger partial charge in [0.15, 0.2) is 11.2 Å². The maximum Gasteiger partial charge on any atom is 0.337 e. The second-order valence-electron chi connectivity index (χ2n) is 7.88. The molecule has 0 saturated carbocycles. The van der Waals surface area contributed by atoms with E-state index in [0.717, 1.165) is 11.1 Å². The third-order valence-corrected chi connectivity index (χ3v) is 5.35. The number of aryl methyl sites for hydroxylation is 1. The summed E-state index contributed by atoms with van der Waals surface area (Å²) in [4.78, 5) is 31.1. The Morgan fingerprint density at radius 1 is 1.07 bits per heavy atom. The fourth-order valence-electron chi connectivity index (χ4n) is 3.64. The monoisotopic (exact) mass is 422 g/mol. The molecule has 2 heterocycles. The van der Waals surface area contributed by atoms with Gasteiger partial charge < -0.3 is 4.57 Å². The van der Waals surface area contributed by atoms with Crippen molar-refractivity contribution in [3.8, 4) is 5.69 Å². The molecule has 6 nitrogen and oxygen atoms in total. The number of fused-ring (bicyclic) bond motifs is 1. The summed E-state index contributed by atoms with van der Waals surface area (Å²) in [5.41, 5.74) is 2.80. The van der Waals surface area contributed by atoms with E-state index in [2.05, 4.69) is 4.98 Å². The molecule has 2 aromatic carbocycles. The van der Waals surface area contributed by atoms with Crippen molar-refractivity contribution in [2.24, 2.45) is 5.92 Å². The molecule has 0 unspecified atom stereocenters. The van der Waals surface area contributed by atoms with E-state index in [9.17, 15) is 9.59 Å². The molecule has 30 heavy (non-hydrogen) atoms. The molecule has 0 saturated heterocycles. The molecule has 7 heteroatoms. The van der Waals surface area contributed by atoms with E-state index >= 15 is 0 Å². The quantitative estimate of drug-likeness (QED) is 0.488. The van der Waals surface area contributed by atoms with Crippen LogP contribution in [0, 0.1) is 12.8 Å². The van der Waals surface area contributed by atoms with Crippen molar-refractivity contribution in [1.82, 2.24) is 18.7 Å². The summed E-state index contributed by atoms with van der Waals surface area (Å²) in [5, 5.41) is 0.508. The number of halogens is 1. The molecule has 0 radical (unpaired) electrons. The van der Waals surface area contributed by atoms with Gasteiger partial charge in [0.25, 0.3) is 5.56 Å². The number of aromatic nitrogens is 4. The molecule has 0 aliphatic heterocycles. The Kier molecular flexibility index (Phi) is 5.35. The van der Waals surface area contributed by atoms with Gasteiger partial charge in [0.05, 0.1) is 12.0 Å². The summed E-state index contributed by atoms with van der Waals surface area (Å²) in [6, 6.07) is 15.0. The maximum atomic E-state index is 13.4. The van der Waals surface area contributed by atoms with Crippen LogP contribution in [0.5, 0.6) is 0 Å². The molecule has 0 aliphatic rings. The highest BCUT2D eigenvalue weighted by atomic mass is 35.5. The Hall–Kier alpha value is -3.12.